The summed E-state index contributed by atoms with van der Waals surface area (Å²) in [5.74, 6) is -1.32. The summed E-state index contributed by atoms with van der Waals surface area (Å²) in [4.78, 5) is 21.8. The van der Waals surface area contributed by atoms with Crippen LogP contribution in [-0.4, -0.2) is 22.7 Å². The third kappa shape index (κ3) is 4.88. The lowest BCUT2D eigenvalue weighted by molar-refractivity contribution is -0.385. The first kappa shape index (κ1) is 16.6. The van der Waals surface area contributed by atoms with Crippen molar-refractivity contribution < 1.29 is 14.1 Å². The fraction of sp³-hybridized carbons (Fsp3) is 0.462. The van der Waals surface area contributed by atoms with E-state index >= 15 is 0 Å². The van der Waals surface area contributed by atoms with Crippen molar-refractivity contribution in [2.24, 2.45) is 5.41 Å². The van der Waals surface area contributed by atoms with Gasteiger partial charge in [0.1, 0.15) is 5.82 Å². The van der Waals surface area contributed by atoms with E-state index in [0.29, 0.717) is 6.54 Å². The van der Waals surface area contributed by atoms with E-state index < -0.39 is 22.3 Å². The molecule has 0 saturated carbocycles. The van der Waals surface area contributed by atoms with Gasteiger partial charge in [0.15, 0.2) is 0 Å². The van der Waals surface area contributed by atoms with E-state index in [-0.39, 0.29) is 11.0 Å². The quantitative estimate of drug-likeness (QED) is 0.488. The Kier molecular flexibility index (Phi) is 5.62. The van der Waals surface area contributed by atoms with Crippen LogP contribution in [0.1, 0.15) is 30.6 Å². The molecule has 20 heavy (non-hydrogen) atoms. The summed E-state index contributed by atoms with van der Waals surface area (Å²) in [6, 6.07) is 2.83. The van der Waals surface area contributed by atoms with Gasteiger partial charge in [0.25, 0.3) is 11.6 Å². The van der Waals surface area contributed by atoms with Crippen molar-refractivity contribution in [3.05, 3.63) is 39.7 Å². The second-order valence-electron chi connectivity index (χ2n) is 5.24. The maximum Gasteiger partial charge on any atom is 0.273 e. The average molecular weight is 347 g/mol. The highest BCUT2D eigenvalue weighted by Crippen LogP contribution is 2.21. The Balaban J connectivity index is 2.80. The van der Waals surface area contributed by atoms with Gasteiger partial charge in [0.05, 0.1) is 11.0 Å². The molecular formula is C13H16BrFN2O3. The zero-order valence-corrected chi connectivity index (χ0v) is 12.9. The molecule has 1 N–H and O–H groups in total. The first-order valence-corrected chi connectivity index (χ1v) is 7.16. The van der Waals surface area contributed by atoms with Crippen molar-refractivity contribution >= 4 is 27.5 Å². The van der Waals surface area contributed by atoms with E-state index in [4.69, 9.17) is 0 Å². The summed E-state index contributed by atoms with van der Waals surface area (Å²) in [5.41, 5.74) is -0.598. The lowest BCUT2D eigenvalue weighted by atomic mass is 9.90. The number of hydrogen-bond acceptors (Lipinski definition) is 3. The van der Waals surface area contributed by atoms with E-state index in [0.717, 1.165) is 30.0 Å². The number of rotatable bonds is 6. The fourth-order valence-electron chi connectivity index (χ4n) is 1.58. The molecule has 0 saturated heterocycles. The minimum Gasteiger partial charge on any atom is -0.351 e. The van der Waals surface area contributed by atoms with Crippen LogP contribution in [0.25, 0.3) is 0 Å². The number of nitrogens with one attached hydrogen (secondary N) is 1. The van der Waals surface area contributed by atoms with Crippen molar-refractivity contribution in [3.8, 4) is 0 Å². The number of halogens is 2. The normalized spacial score (nSPS) is 11.2. The molecular weight excluding hydrogens is 331 g/mol. The molecule has 0 aliphatic carbocycles. The number of nitrogens with zero attached hydrogens (tertiary/aromatic N) is 1. The van der Waals surface area contributed by atoms with Gasteiger partial charge in [-0.05, 0) is 17.9 Å². The monoisotopic (exact) mass is 346 g/mol. The molecule has 1 rings (SSSR count). The van der Waals surface area contributed by atoms with Crippen molar-refractivity contribution in [3.63, 3.8) is 0 Å². The molecule has 1 amide bonds. The van der Waals surface area contributed by atoms with Crippen molar-refractivity contribution in [1.29, 1.82) is 0 Å². The Hall–Kier alpha value is -1.50. The van der Waals surface area contributed by atoms with Crippen molar-refractivity contribution in [2.75, 3.05) is 11.9 Å². The van der Waals surface area contributed by atoms with Gasteiger partial charge in [-0.25, -0.2) is 4.39 Å². The van der Waals surface area contributed by atoms with E-state index in [1.54, 1.807) is 0 Å². The minimum absolute atomic E-state index is 0.0497. The Morgan fingerprint density at radius 3 is 2.65 bits per heavy atom. The van der Waals surface area contributed by atoms with Gasteiger partial charge in [-0.15, -0.1) is 0 Å². The number of benzene rings is 1. The first-order chi connectivity index (χ1) is 9.25. The van der Waals surface area contributed by atoms with Gasteiger partial charge in [-0.3, -0.25) is 14.9 Å². The van der Waals surface area contributed by atoms with Gasteiger partial charge in [-0.1, -0.05) is 29.8 Å². The van der Waals surface area contributed by atoms with Crippen molar-refractivity contribution in [1.82, 2.24) is 5.32 Å². The summed E-state index contributed by atoms with van der Waals surface area (Å²) in [6.07, 6.45) is 0.858. The minimum atomic E-state index is -0.802. The van der Waals surface area contributed by atoms with E-state index in [9.17, 15) is 19.3 Å². The largest absolute Gasteiger partial charge is 0.351 e. The average Bonchev–Trinajstić information content (AvgIpc) is 2.35. The predicted molar refractivity (Wildman–Crippen MR) is 77.6 cm³/mol. The SMILES string of the molecule is CC(C)(CCBr)CNC(=O)c1cc(F)cc([N+](=O)[O-])c1. The highest BCUT2D eigenvalue weighted by Gasteiger charge is 2.20. The van der Waals surface area contributed by atoms with Crippen LogP contribution in [0.15, 0.2) is 18.2 Å². The maximum atomic E-state index is 13.3. The number of non-ortho nitro benzene ring substituents is 1. The molecule has 0 atom stereocenters. The zero-order chi connectivity index (χ0) is 15.3. The van der Waals surface area contributed by atoms with Crippen LogP contribution in [0.2, 0.25) is 0 Å². The van der Waals surface area contributed by atoms with Crippen LogP contribution >= 0.6 is 15.9 Å². The molecule has 0 unspecified atom stereocenters. The summed E-state index contributed by atoms with van der Waals surface area (Å²) in [6.45, 7) is 4.38. The first-order valence-electron chi connectivity index (χ1n) is 6.04. The van der Waals surface area contributed by atoms with Crippen LogP contribution in [0, 0.1) is 21.3 Å². The van der Waals surface area contributed by atoms with Gasteiger partial charge < -0.3 is 5.32 Å². The molecule has 0 fully saturated rings. The molecule has 0 aromatic heterocycles. The topological polar surface area (TPSA) is 72.2 Å². The Morgan fingerprint density at radius 2 is 2.10 bits per heavy atom. The van der Waals surface area contributed by atoms with E-state index in [2.05, 4.69) is 21.2 Å². The molecule has 1 aromatic carbocycles. The molecule has 5 nitrogen and oxygen atoms in total. The maximum absolute atomic E-state index is 13.3. The van der Waals surface area contributed by atoms with Crippen LogP contribution in [0.3, 0.4) is 0 Å². The summed E-state index contributed by atoms with van der Waals surface area (Å²) in [7, 11) is 0. The zero-order valence-electron chi connectivity index (χ0n) is 11.3. The Morgan fingerprint density at radius 1 is 1.45 bits per heavy atom. The number of carbonyl (C=O) groups excluding carboxylic acids is 1. The molecule has 0 heterocycles. The Bertz CT molecular complexity index is 520. The standard InChI is InChI=1S/C13H16BrFN2O3/c1-13(2,3-4-14)8-16-12(18)9-5-10(15)7-11(6-9)17(19)20/h5-7H,3-4,8H2,1-2H3,(H,16,18). The second-order valence-corrected chi connectivity index (χ2v) is 6.03. The van der Waals surface area contributed by atoms with Crippen LogP contribution in [-0.2, 0) is 0 Å². The summed E-state index contributed by atoms with van der Waals surface area (Å²) in [5, 5.41) is 14.1. The number of nitro groups is 1. The second kappa shape index (κ2) is 6.78. The molecule has 1 aromatic rings. The van der Waals surface area contributed by atoms with E-state index in [1.165, 1.54) is 0 Å². The van der Waals surface area contributed by atoms with E-state index in [1.807, 2.05) is 13.8 Å². The molecule has 7 heteroatoms. The van der Waals surface area contributed by atoms with Crippen LogP contribution in [0.5, 0.6) is 0 Å². The van der Waals surface area contributed by atoms with Gasteiger partial charge in [-0.2, -0.15) is 0 Å². The molecule has 0 aliphatic rings. The van der Waals surface area contributed by atoms with Crippen LogP contribution in [0.4, 0.5) is 10.1 Å². The number of amides is 1. The van der Waals surface area contributed by atoms with Crippen LogP contribution < -0.4 is 5.32 Å². The highest BCUT2D eigenvalue weighted by atomic mass is 79.9. The van der Waals surface area contributed by atoms with Gasteiger partial charge >= 0.3 is 0 Å². The lowest BCUT2D eigenvalue weighted by Crippen LogP contribution is -2.34. The number of carbonyl (C=O) groups is 1. The van der Waals surface area contributed by atoms with Gasteiger partial charge in [0, 0.05) is 23.5 Å². The third-order valence-corrected chi connectivity index (χ3v) is 3.25. The Labute approximate surface area is 124 Å². The fourth-order valence-corrected chi connectivity index (χ4v) is 2.65. The lowest BCUT2D eigenvalue weighted by Gasteiger charge is -2.23. The molecule has 0 spiro atoms. The predicted octanol–water partition coefficient (Wildman–Crippen LogP) is 3.27. The number of hydrogen-bond donors (Lipinski definition) is 1. The highest BCUT2D eigenvalue weighted by molar-refractivity contribution is 9.09. The smallest absolute Gasteiger partial charge is 0.273 e. The molecule has 110 valence electrons. The summed E-state index contributed by atoms with van der Waals surface area (Å²) >= 11 is 3.33. The number of alkyl halides is 1. The molecule has 0 bridgehead atoms. The molecule has 0 radical (unpaired) electrons. The summed E-state index contributed by atoms with van der Waals surface area (Å²) < 4.78 is 13.3. The van der Waals surface area contributed by atoms with Crippen molar-refractivity contribution in [2.45, 2.75) is 20.3 Å². The molecule has 0 aliphatic heterocycles. The van der Waals surface area contributed by atoms with Gasteiger partial charge in [0.2, 0.25) is 0 Å². The third-order valence-electron chi connectivity index (χ3n) is 2.85. The number of nitro benzene ring substituents is 1.